The molecule has 0 radical (unpaired) electrons. The summed E-state index contributed by atoms with van der Waals surface area (Å²) in [6.07, 6.45) is 0. The second kappa shape index (κ2) is 7.60. The molecule has 0 spiro atoms. The lowest BCUT2D eigenvalue weighted by molar-refractivity contribution is 0.0844. The number of hydrogen-bond acceptors (Lipinski definition) is 4. The molecule has 0 fully saturated rings. The second-order valence-electron chi connectivity index (χ2n) is 4.74. The molecular formula is C15H13ClFN3O4S. The summed E-state index contributed by atoms with van der Waals surface area (Å²) in [5, 5.41) is -0.0207. The first-order chi connectivity index (χ1) is 11.8. The van der Waals surface area contributed by atoms with Crippen LogP contribution in [0.15, 0.2) is 47.4 Å². The summed E-state index contributed by atoms with van der Waals surface area (Å²) in [5.74, 6) is -2.49. The predicted molar refractivity (Wildman–Crippen MR) is 89.0 cm³/mol. The Kier molecular flexibility index (Phi) is 5.73. The van der Waals surface area contributed by atoms with Crippen molar-refractivity contribution in [1.82, 2.24) is 15.6 Å². The van der Waals surface area contributed by atoms with E-state index in [0.717, 1.165) is 12.1 Å². The molecule has 10 heteroatoms. The molecule has 0 saturated heterocycles. The summed E-state index contributed by atoms with van der Waals surface area (Å²) in [5.41, 5.74) is 3.65. The smallest absolute Gasteiger partial charge is 0.267 e. The maximum atomic E-state index is 13.5. The summed E-state index contributed by atoms with van der Waals surface area (Å²) in [4.78, 5) is 23.8. The van der Waals surface area contributed by atoms with E-state index >= 15 is 0 Å². The van der Waals surface area contributed by atoms with Crippen molar-refractivity contribution in [3.05, 3.63) is 64.4 Å². The lowest BCUT2D eigenvalue weighted by atomic mass is 10.2. The molecule has 2 aromatic carbocycles. The SMILES string of the molecule is CNS(=O)(=O)c1ccc(Cl)c(C(=O)NNC(=O)c2ccccc2F)c1. The van der Waals surface area contributed by atoms with Gasteiger partial charge < -0.3 is 0 Å². The normalized spacial score (nSPS) is 11.0. The van der Waals surface area contributed by atoms with E-state index in [1.165, 1.54) is 37.4 Å². The first kappa shape index (κ1) is 18.8. The van der Waals surface area contributed by atoms with E-state index in [1.807, 2.05) is 5.43 Å². The highest BCUT2D eigenvalue weighted by atomic mass is 35.5. The summed E-state index contributed by atoms with van der Waals surface area (Å²) in [6.45, 7) is 0. The van der Waals surface area contributed by atoms with Crippen molar-refractivity contribution < 1.29 is 22.4 Å². The third kappa shape index (κ3) is 4.32. The van der Waals surface area contributed by atoms with Crippen LogP contribution >= 0.6 is 11.6 Å². The molecule has 7 nitrogen and oxygen atoms in total. The summed E-state index contributed by atoms with van der Waals surface area (Å²) >= 11 is 5.89. The van der Waals surface area contributed by atoms with Crippen LogP contribution in [-0.4, -0.2) is 27.3 Å². The van der Waals surface area contributed by atoms with Crippen LogP contribution in [0.4, 0.5) is 4.39 Å². The fourth-order valence-electron chi connectivity index (χ4n) is 1.86. The number of nitrogens with one attached hydrogen (secondary N) is 3. The zero-order valence-corrected chi connectivity index (χ0v) is 14.4. The van der Waals surface area contributed by atoms with E-state index in [4.69, 9.17) is 11.6 Å². The van der Waals surface area contributed by atoms with Crippen molar-refractivity contribution in [2.75, 3.05) is 7.05 Å². The van der Waals surface area contributed by atoms with Crippen LogP contribution < -0.4 is 15.6 Å². The first-order valence-electron chi connectivity index (χ1n) is 6.84. The third-order valence-corrected chi connectivity index (χ3v) is 4.91. The average molecular weight is 386 g/mol. The van der Waals surface area contributed by atoms with E-state index in [2.05, 4.69) is 10.1 Å². The quantitative estimate of drug-likeness (QED) is 0.693. The zero-order chi connectivity index (χ0) is 18.6. The molecule has 0 aliphatic heterocycles. The van der Waals surface area contributed by atoms with E-state index in [1.54, 1.807) is 0 Å². The van der Waals surface area contributed by atoms with Gasteiger partial charge in [-0.2, -0.15) is 0 Å². The number of carbonyl (C=O) groups is 2. The van der Waals surface area contributed by atoms with Crippen molar-refractivity contribution in [2.45, 2.75) is 4.90 Å². The predicted octanol–water partition coefficient (Wildman–Crippen LogP) is 1.46. The van der Waals surface area contributed by atoms with Gasteiger partial charge in [0.05, 0.1) is 21.0 Å². The molecule has 0 aromatic heterocycles. The molecule has 0 saturated carbocycles. The molecule has 0 bridgehead atoms. The first-order valence-corrected chi connectivity index (χ1v) is 8.70. The minimum atomic E-state index is -3.78. The number of benzene rings is 2. The lowest BCUT2D eigenvalue weighted by Crippen LogP contribution is -2.42. The van der Waals surface area contributed by atoms with Gasteiger partial charge in [-0.25, -0.2) is 17.5 Å². The Morgan fingerprint density at radius 3 is 2.20 bits per heavy atom. The number of hydrogen-bond donors (Lipinski definition) is 3. The van der Waals surface area contributed by atoms with Crippen LogP contribution in [0.25, 0.3) is 0 Å². The molecule has 2 rings (SSSR count). The highest BCUT2D eigenvalue weighted by Crippen LogP contribution is 2.20. The van der Waals surface area contributed by atoms with Gasteiger partial charge >= 0.3 is 0 Å². The molecule has 0 heterocycles. The standard InChI is InChI=1S/C15H13ClFN3O4S/c1-18-25(23,24)9-6-7-12(16)11(8-9)15(22)20-19-14(21)10-4-2-3-5-13(10)17/h2-8,18H,1H3,(H,19,21)(H,20,22). The Bertz CT molecular complexity index is 934. The largest absolute Gasteiger partial charge is 0.272 e. The average Bonchev–Trinajstić information content (AvgIpc) is 2.60. The minimum Gasteiger partial charge on any atom is -0.267 e. The van der Waals surface area contributed by atoms with Gasteiger partial charge in [0.25, 0.3) is 11.8 Å². The highest BCUT2D eigenvalue weighted by Gasteiger charge is 2.18. The lowest BCUT2D eigenvalue weighted by Gasteiger charge is -2.10. The van der Waals surface area contributed by atoms with E-state index in [0.29, 0.717) is 0 Å². The van der Waals surface area contributed by atoms with Gasteiger partial charge in [0.2, 0.25) is 10.0 Å². The third-order valence-electron chi connectivity index (χ3n) is 3.17. The van der Waals surface area contributed by atoms with Crippen LogP contribution in [0, 0.1) is 5.82 Å². The summed E-state index contributed by atoms with van der Waals surface area (Å²) in [6, 6.07) is 8.73. The Morgan fingerprint density at radius 1 is 1.00 bits per heavy atom. The molecule has 2 aromatic rings. The van der Waals surface area contributed by atoms with Crippen molar-refractivity contribution >= 4 is 33.4 Å². The maximum Gasteiger partial charge on any atom is 0.272 e. The Balaban J connectivity index is 2.17. The molecule has 0 atom stereocenters. The van der Waals surface area contributed by atoms with Gasteiger partial charge in [0.15, 0.2) is 0 Å². The Labute approximate surface area is 148 Å². The van der Waals surface area contributed by atoms with Crippen LogP contribution in [0.1, 0.15) is 20.7 Å². The number of hydrazine groups is 1. The fourth-order valence-corrected chi connectivity index (χ4v) is 2.82. The molecule has 0 aliphatic carbocycles. The number of rotatable bonds is 4. The molecular weight excluding hydrogens is 373 g/mol. The van der Waals surface area contributed by atoms with Crippen LogP contribution in [0.2, 0.25) is 5.02 Å². The van der Waals surface area contributed by atoms with Gasteiger partial charge in [0.1, 0.15) is 5.82 Å². The van der Waals surface area contributed by atoms with Gasteiger partial charge in [-0.15, -0.1) is 0 Å². The molecule has 25 heavy (non-hydrogen) atoms. The number of halogens is 2. The topological polar surface area (TPSA) is 104 Å². The van der Waals surface area contributed by atoms with E-state index in [9.17, 15) is 22.4 Å². The summed E-state index contributed by atoms with van der Waals surface area (Å²) < 4.78 is 39.2. The number of carbonyl (C=O) groups excluding carboxylic acids is 2. The van der Waals surface area contributed by atoms with Gasteiger partial charge in [-0.1, -0.05) is 23.7 Å². The van der Waals surface area contributed by atoms with Crippen LogP contribution in [0.3, 0.4) is 0 Å². The van der Waals surface area contributed by atoms with Gasteiger partial charge in [-0.05, 0) is 37.4 Å². The molecule has 0 unspecified atom stereocenters. The summed E-state index contributed by atoms with van der Waals surface area (Å²) in [7, 11) is -2.56. The van der Waals surface area contributed by atoms with Crippen molar-refractivity contribution in [3.8, 4) is 0 Å². The van der Waals surface area contributed by atoms with E-state index < -0.39 is 27.7 Å². The monoisotopic (exact) mass is 385 g/mol. The van der Waals surface area contributed by atoms with Crippen molar-refractivity contribution in [3.63, 3.8) is 0 Å². The maximum absolute atomic E-state index is 13.5. The molecule has 132 valence electrons. The van der Waals surface area contributed by atoms with Crippen molar-refractivity contribution in [2.24, 2.45) is 0 Å². The zero-order valence-electron chi connectivity index (χ0n) is 12.8. The van der Waals surface area contributed by atoms with Crippen molar-refractivity contribution in [1.29, 1.82) is 0 Å². The molecule has 2 amide bonds. The second-order valence-corrected chi connectivity index (χ2v) is 7.03. The van der Waals surface area contributed by atoms with Crippen LogP contribution in [0.5, 0.6) is 0 Å². The number of sulfonamides is 1. The van der Waals surface area contributed by atoms with Gasteiger partial charge in [-0.3, -0.25) is 20.4 Å². The minimum absolute atomic E-state index is 0.0207. The Morgan fingerprint density at radius 2 is 1.60 bits per heavy atom. The van der Waals surface area contributed by atoms with E-state index in [-0.39, 0.29) is 21.0 Å². The van der Waals surface area contributed by atoms with Crippen LogP contribution in [-0.2, 0) is 10.0 Å². The molecule has 3 N–H and O–H groups in total. The van der Waals surface area contributed by atoms with Gasteiger partial charge in [0, 0.05) is 0 Å². The Hall–Kier alpha value is -2.49. The highest BCUT2D eigenvalue weighted by molar-refractivity contribution is 7.89. The number of amides is 2. The fraction of sp³-hybridized carbons (Fsp3) is 0.0667. The molecule has 0 aliphatic rings.